The molecule has 0 aliphatic rings. The second-order valence-corrected chi connectivity index (χ2v) is 4.81. The van der Waals surface area contributed by atoms with Crippen molar-refractivity contribution in [1.82, 2.24) is 4.98 Å². The molecule has 0 unspecified atom stereocenters. The predicted octanol–water partition coefficient (Wildman–Crippen LogP) is 3.73. The van der Waals surface area contributed by atoms with Gasteiger partial charge in [-0.05, 0) is 13.0 Å². The van der Waals surface area contributed by atoms with Gasteiger partial charge in [0.25, 0.3) is 0 Å². The first-order valence-electron chi connectivity index (χ1n) is 5.88. The maximum absolute atomic E-state index is 11.8. The lowest BCUT2D eigenvalue weighted by atomic mass is 10.1. The largest absolute Gasteiger partial charge is 0.461 e. The molecule has 0 aliphatic heterocycles. The molecule has 3 aromatic rings. The summed E-state index contributed by atoms with van der Waals surface area (Å²) in [5.74, 6) is 0.0115. The molecule has 4 nitrogen and oxygen atoms in total. The molecule has 0 bridgehead atoms. The van der Waals surface area contributed by atoms with Crippen molar-refractivity contribution < 1.29 is 13.9 Å². The topological polar surface area (TPSA) is 52.3 Å². The third kappa shape index (κ3) is 2.02. The Hall–Kier alpha value is -2.14. The number of hydrogen-bond donors (Lipinski definition) is 0. The summed E-state index contributed by atoms with van der Waals surface area (Å²) in [5.41, 5.74) is 1.10. The number of fused-ring (bicyclic) bond motifs is 1. The number of ether oxygens (including phenoxy) is 1. The molecule has 0 atom stereocenters. The third-order valence-corrected chi connectivity index (χ3v) is 3.73. The Labute approximate surface area is 113 Å². The van der Waals surface area contributed by atoms with E-state index in [4.69, 9.17) is 9.15 Å². The van der Waals surface area contributed by atoms with Crippen LogP contribution < -0.4 is 0 Å². The first kappa shape index (κ1) is 11.9. The van der Waals surface area contributed by atoms with E-state index in [0.717, 1.165) is 15.6 Å². The lowest BCUT2D eigenvalue weighted by molar-refractivity contribution is 0.0520. The molecule has 5 heteroatoms. The zero-order valence-corrected chi connectivity index (χ0v) is 11.1. The molecule has 0 aliphatic carbocycles. The molecule has 0 spiro atoms. The van der Waals surface area contributed by atoms with Crippen LogP contribution in [-0.2, 0) is 4.74 Å². The average molecular weight is 273 g/mol. The first-order chi connectivity index (χ1) is 9.31. The normalized spacial score (nSPS) is 10.8. The second-order valence-electron chi connectivity index (χ2n) is 3.90. The zero-order valence-electron chi connectivity index (χ0n) is 10.3. The summed E-state index contributed by atoms with van der Waals surface area (Å²) in [6.07, 6.45) is 1.27. The van der Waals surface area contributed by atoms with Gasteiger partial charge in [0.2, 0.25) is 0 Å². The van der Waals surface area contributed by atoms with E-state index in [1.807, 2.05) is 29.6 Å². The molecular weight excluding hydrogens is 262 g/mol. The van der Waals surface area contributed by atoms with Crippen LogP contribution >= 0.6 is 11.3 Å². The number of oxazole rings is 1. The second kappa shape index (κ2) is 4.85. The van der Waals surface area contributed by atoms with E-state index in [1.54, 1.807) is 18.3 Å². The molecule has 19 heavy (non-hydrogen) atoms. The summed E-state index contributed by atoms with van der Waals surface area (Å²) in [5, 5.41) is 3.02. The molecular formula is C14H11NO3S. The summed E-state index contributed by atoms with van der Waals surface area (Å²) >= 11 is 1.61. The number of esters is 1. The van der Waals surface area contributed by atoms with Crippen molar-refractivity contribution in [3.8, 4) is 11.3 Å². The van der Waals surface area contributed by atoms with Gasteiger partial charge in [-0.2, -0.15) is 0 Å². The zero-order chi connectivity index (χ0) is 13.2. The van der Waals surface area contributed by atoms with E-state index in [-0.39, 0.29) is 5.69 Å². The van der Waals surface area contributed by atoms with Gasteiger partial charge in [-0.1, -0.05) is 18.2 Å². The van der Waals surface area contributed by atoms with Crippen LogP contribution in [-0.4, -0.2) is 17.6 Å². The molecule has 1 aromatic carbocycles. The van der Waals surface area contributed by atoms with Crippen LogP contribution in [0.5, 0.6) is 0 Å². The Kier molecular flexibility index (Phi) is 3.05. The van der Waals surface area contributed by atoms with E-state index in [0.29, 0.717) is 12.4 Å². The summed E-state index contributed by atoms with van der Waals surface area (Å²) in [6.45, 7) is 2.08. The van der Waals surface area contributed by atoms with Gasteiger partial charge >= 0.3 is 5.97 Å². The number of aromatic nitrogens is 1. The van der Waals surface area contributed by atoms with Gasteiger partial charge < -0.3 is 9.15 Å². The number of hydrogen-bond acceptors (Lipinski definition) is 5. The van der Waals surface area contributed by atoms with E-state index < -0.39 is 5.97 Å². The Morgan fingerprint density at radius 3 is 3.11 bits per heavy atom. The highest BCUT2D eigenvalue weighted by atomic mass is 32.1. The number of nitrogens with zero attached hydrogens (tertiary/aromatic N) is 1. The van der Waals surface area contributed by atoms with Crippen molar-refractivity contribution in [2.75, 3.05) is 6.61 Å². The minimum absolute atomic E-state index is 0.227. The summed E-state index contributed by atoms with van der Waals surface area (Å²) < 4.78 is 11.5. The fourth-order valence-corrected chi connectivity index (χ4v) is 2.88. The standard InChI is InChI=1S/C14H11NO3S/c1-2-17-14(16)12-13(18-8-15-12)10-7-19-11-6-4-3-5-9(10)11/h3-8H,2H2,1H3. The van der Waals surface area contributed by atoms with Gasteiger partial charge in [0.05, 0.1) is 6.61 Å². The SMILES string of the molecule is CCOC(=O)c1ncoc1-c1csc2ccccc12. The van der Waals surface area contributed by atoms with Gasteiger partial charge in [-0.25, -0.2) is 9.78 Å². The highest BCUT2D eigenvalue weighted by Gasteiger charge is 2.21. The summed E-state index contributed by atoms with van der Waals surface area (Å²) in [4.78, 5) is 15.8. The molecule has 2 heterocycles. The van der Waals surface area contributed by atoms with Crippen molar-refractivity contribution in [3.05, 3.63) is 41.7 Å². The monoisotopic (exact) mass is 273 g/mol. The number of carbonyl (C=O) groups is 1. The summed E-state index contributed by atoms with van der Waals surface area (Å²) in [7, 11) is 0. The van der Waals surface area contributed by atoms with Gasteiger partial charge in [-0.3, -0.25) is 0 Å². The van der Waals surface area contributed by atoms with Crippen LogP contribution in [0.25, 0.3) is 21.4 Å². The van der Waals surface area contributed by atoms with Crippen molar-refractivity contribution in [2.45, 2.75) is 6.92 Å². The van der Waals surface area contributed by atoms with Crippen molar-refractivity contribution >= 4 is 27.4 Å². The number of rotatable bonds is 3. The fourth-order valence-electron chi connectivity index (χ4n) is 1.94. The Morgan fingerprint density at radius 1 is 1.42 bits per heavy atom. The van der Waals surface area contributed by atoms with Crippen LogP contribution in [0.2, 0.25) is 0 Å². The molecule has 0 radical (unpaired) electrons. The lowest BCUT2D eigenvalue weighted by Gasteiger charge is -2.00. The molecule has 3 rings (SSSR count). The van der Waals surface area contributed by atoms with Gasteiger partial charge in [0.15, 0.2) is 17.8 Å². The van der Waals surface area contributed by atoms with Gasteiger partial charge in [-0.15, -0.1) is 11.3 Å². The molecule has 96 valence electrons. The van der Waals surface area contributed by atoms with E-state index in [9.17, 15) is 4.79 Å². The van der Waals surface area contributed by atoms with Gasteiger partial charge in [0, 0.05) is 21.0 Å². The third-order valence-electron chi connectivity index (χ3n) is 2.76. The first-order valence-corrected chi connectivity index (χ1v) is 6.76. The van der Waals surface area contributed by atoms with Crippen molar-refractivity contribution in [1.29, 1.82) is 0 Å². The van der Waals surface area contributed by atoms with Crippen LogP contribution in [0.4, 0.5) is 0 Å². The minimum atomic E-state index is -0.457. The van der Waals surface area contributed by atoms with E-state index in [1.165, 1.54) is 6.39 Å². The smallest absolute Gasteiger partial charge is 0.360 e. The van der Waals surface area contributed by atoms with Crippen LogP contribution in [0.15, 0.2) is 40.5 Å². The summed E-state index contributed by atoms with van der Waals surface area (Å²) in [6, 6.07) is 7.97. The quantitative estimate of drug-likeness (QED) is 0.682. The van der Waals surface area contributed by atoms with E-state index >= 15 is 0 Å². The van der Waals surface area contributed by atoms with Crippen LogP contribution in [0.1, 0.15) is 17.4 Å². The molecule has 0 N–H and O–H groups in total. The van der Waals surface area contributed by atoms with Crippen molar-refractivity contribution in [2.24, 2.45) is 0 Å². The molecule has 0 fully saturated rings. The minimum Gasteiger partial charge on any atom is -0.461 e. The fraction of sp³-hybridized carbons (Fsp3) is 0.143. The molecule has 0 saturated carbocycles. The van der Waals surface area contributed by atoms with Crippen LogP contribution in [0.3, 0.4) is 0 Å². The molecule has 2 aromatic heterocycles. The molecule has 0 saturated heterocycles. The highest BCUT2D eigenvalue weighted by Crippen LogP contribution is 2.35. The predicted molar refractivity (Wildman–Crippen MR) is 73.3 cm³/mol. The number of thiophene rings is 1. The molecule has 0 amide bonds. The highest BCUT2D eigenvalue weighted by molar-refractivity contribution is 7.17. The maximum atomic E-state index is 11.8. The van der Waals surface area contributed by atoms with Gasteiger partial charge in [0.1, 0.15) is 0 Å². The van der Waals surface area contributed by atoms with E-state index in [2.05, 4.69) is 4.98 Å². The Bertz CT molecular complexity index is 729. The number of carbonyl (C=O) groups excluding carboxylic acids is 1. The maximum Gasteiger partial charge on any atom is 0.360 e. The Balaban J connectivity index is 2.12. The average Bonchev–Trinajstić information content (AvgIpc) is 3.05. The van der Waals surface area contributed by atoms with Crippen molar-refractivity contribution in [3.63, 3.8) is 0 Å². The Morgan fingerprint density at radius 2 is 2.26 bits per heavy atom. The van der Waals surface area contributed by atoms with Crippen LogP contribution in [0, 0.1) is 0 Å². The number of benzene rings is 1. The lowest BCUT2D eigenvalue weighted by Crippen LogP contribution is -2.06.